The van der Waals surface area contributed by atoms with Crippen molar-refractivity contribution in [2.45, 2.75) is 13.3 Å². The Morgan fingerprint density at radius 2 is 2.40 bits per heavy atom. The standard InChI is InChI=1S/C12H17N3/c1-9-5-6-15(8-9)12-4-3-11(7-14-12)10(2)13/h3-4,7,9H,2,5-6,8,13H2,1H3. The molecule has 0 saturated carbocycles. The van der Waals surface area contributed by atoms with Crippen LogP contribution in [0.2, 0.25) is 0 Å². The SMILES string of the molecule is C=C(N)c1ccc(N2CCC(C)C2)nc1. The summed E-state index contributed by atoms with van der Waals surface area (Å²) in [6.07, 6.45) is 3.05. The van der Waals surface area contributed by atoms with Crippen LogP contribution >= 0.6 is 0 Å². The molecule has 1 aromatic rings. The van der Waals surface area contributed by atoms with Crippen molar-refractivity contribution >= 4 is 11.5 Å². The lowest BCUT2D eigenvalue weighted by Crippen LogP contribution is -2.20. The molecule has 2 N–H and O–H groups in total. The molecule has 2 heterocycles. The molecule has 3 heteroatoms. The monoisotopic (exact) mass is 203 g/mol. The van der Waals surface area contributed by atoms with Gasteiger partial charge in [0.05, 0.1) is 0 Å². The number of anilines is 1. The number of nitrogens with zero attached hydrogens (tertiary/aromatic N) is 2. The highest BCUT2D eigenvalue weighted by Crippen LogP contribution is 2.21. The van der Waals surface area contributed by atoms with Gasteiger partial charge in [0.25, 0.3) is 0 Å². The smallest absolute Gasteiger partial charge is 0.128 e. The third-order valence-corrected chi connectivity index (χ3v) is 2.87. The van der Waals surface area contributed by atoms with E-state index in [-0.39, 0.29) is 0 Å². The van der Waals surface area contributed by atoms with Crippen LogP contribution in [0.15, 0.2) is 24.9 Å². The zero-order valence-corrected chi connectivity index (χ0v) is 9.11. The highest BCUT2D eigenvalue weighted by Gasteiger charge is 2.19. The fourth-order valence-electron chi connectivity index (χ4n) is 1.91. The normalized spacial score (nSPS) is 20.6. The van der Waals surface area contributed by atoms with E-state index in [0.717, 1.165) is 30.4 Å². The molecular weight excluding hydrogens is 186 g/mol. The Hall–Kier alpha value is -1.51. The lowest BCUT2D eigenvalue weighted by molar-refractivity contribution is 0.659. The lowest BCUT2D eigenvalue weighted by atomic mass is 10.2. The van der Waals surface area contributed by atoms with Crippen molar-refractivity contribution in [1.29, 1.82) is 0 Å². The molecule has 15 heavy (non-hydrogen) atoms. The number of hydrogen-bond donors (Lipinski definition) is 1. The number of aromatic nitrogens is 1. The first-order valence-corrected chi connectivity index (χ1v) is 5.32. The zero-order chi connectivity index (χ0) is 10.8. The van der Waals surface area contributed by atoms with Crippen molar-refractivity contribution < 1.29 is 0 Å². The third-order valence-electron chi connectivity index (χ3n) is 2.87. The maximum absolute atomic E-state index is 5.59. The molecule has 0 spiro atoms. The predicted molar refractivity (Wildman–Crippen MR) is 63.5 cm³/mol. The van der Waals surface area contributed by atoms with Crippen molar-refractivity contribution in [2.75, 3.05) is 18.0 Å². The van der Waals surface area contributed by atoms with Gasteiger partial charge >= 0.3 is 0 Å². The Kier molecular flexibility index (Phi) is 2.62. The molecule has 1 atom stereocenters. The molecule has 2 rings (SSSR count). The van der Waals surface area contributed by atoms with Crippen LogP contribution in [0.4, 0.5) is 5.82 Å². The summed E-state index contributed by atoms with van der Waals surface area (Å²) in [5.41, 5.74) is 7.07. The van der Waals surface area contributed by atoms with E-state index in [1.54, 1.807) is 6.20 Å². The summed E-state index contributed by atoms with van der Waals surface area (Å²) in [6, 6.07) is 4.00. The van der Waals surface area contributed by atoms with Gasteiger partial charge in [-0.2, -0.15) is 0 Å². The fourth-order valence-corrected chi connectivity index (χ4v) is 1.91. The first kappa shape index (κ1) is 10.0. The van der Waals surface area contributed by atoms with Crippen LogP contribution in [-0.4, -0.2) is 18.1 Å². The quantitative estimate of drug-likeness (QED) is 0.797. The van der Waals surface area contributed by atoms with Gasteiger partial charge in [-0.1, -0.05) is 13.5 Å². The molecule has 3 nitrogen and oxygen atoms in total. The summed E-state index contributed by atoms with van der Waals surface area (Å²) in [5.74, 6) is 1.82. The lowest BCUT2D eigenvalue weighted by Gasteiger charge is -2.16. The summed E-state index contributed by atoms with van der Waals surface area (Å²) in [5, 5.41) is 0. The van der Waals surface area contributed by atoms with Crippen molar-refractivity contribution in [1.82, 2.24) is 4.98 Å². The molecule has 0 bridgehead atoms. The van der Waals surface area contributed by atoms with Gasteiger partial charge in [-0.3, -0.25) is 0 Å². The molecule has 1 aliphatic rings. The van der Waals surface area contributed by atoms with E-state index in [2.05, 4.69) is 23.4 Å². The van der Waals surface area contributed by atoms with Gasteiger partial charge in [0.1, 0.15) is 5.82 Å². The van der Waals surface area contributed by atoms with Crippen molar-refractivity contribution in [3.8, 4) is 0 Å². The Morgan fingerprint density at radius 1 is 1.60 bits per heavy atom. The Morgan fingerprint density at radius 3 is 2.87 bits per heavy atom. The van der Waals surface area contributed by atoms with E-state index in [9.17, 15) is 0 Å². The minimum Gasteiger partial charge on any atom is -0.399 e. The minimum atomic E-state index is 0.573. The Balaban J connectivity index is 2.13. The largest absolute Gasteiger partial charge is 0.399 e. The zero-order valence-electron chi connectivity index (χ0n) is 9.11. The van der Waals surface area contributed by atoms with Crippen LogP contribution in [0.5, 0.6) is 0 Å². The van der Waals surface area contributed by atoms with E-state index in [1.807, 2.05) is 12.1 Å². The summed E-state index contributed by atoms with van der Waals surface area (Å²) in [7, 11) is 0. The second-order valence-corrected chi connectivity index (χ2v) is 4.27. The Labute approximate surface area is 90.6 Å². The number of rotatable bonds is 2. The van der Waals surface area contributed by atoms with E-state index in [4.69, 9.17) is 5.73 Å². The molecule has 1 saturated heterocycles. The summed E-state index contributed by atoms with van der Waals surface area (Å²) >= 11 is 0. The van der Waals surface area contributed by atoms with Crippen molar-refractivity contribution in [3.63, 3.8) is 0 Å². The highest BCUT2D eigenvalue weighted by molar-refractivity contribution is 5.60. The van der Waals surface area contributed by atoms with E-state index in [1.165, 1.54) is 6.42 Å². The molecule has 0 aliphatic carbocycles. The first-order chi connectivity index (χ1) is 7.16. The molecule has 1 aliphatic heterocycles. The van der Waals surface area contributed by atoms with Gasteiger partial charge in [0, 0.05) is 30.5 Å². The average Bonchev–Trinajstić information content (AvgIpc) is 2.65. The van der Waals surface area contributed by atoms with Crippen LogP contribution in [0.25, 0.3) is 5.70 Å². The number of nitrogens with two attached hydrogens (primary N) is 1. The summed E-state index contributed by atoms with van der Waals surface area (Å²) in [4.78, 5) is 6.71. The van der Waals surface area contributed by atoms with Crippen molar-refractivity contribution in [3.05, 3.63) is 30.5 Å². The van der Waals surface area contributed by atoms with Crippen molar-refractivity contribution in [2.24, 2.45) is 11.7 Å². The predicted octanol–water partition coefficient (Wildman–Crippen LogP) is 1.86. The fraction of sp³-hybridized carbons (Fsp3) is 0.417. The molecule has 0 amide bonds. The molecule has 0 aromatic carbocycles. The second kappa shape index (κ2) is 3.93. The van der Waals surface area contributed by atoms with Crippen LogP contribution in [0.1, 0.15) is 18.9 Å². The van der Waals surface area contributed by atoms with E-state index >= 15 is 0 Å². The minimum absolute atomic E-state index is 0.573. The molecule has 1 unspecified atom stereocenters. The molecule has 1 aromatic heterocycles. The maximum Gasteiger partial charge on any atom is 0.128 e. The highest BCUT2D eigenvalue weighted by atomic mass is 15.2. The maximum atomic E-state index is 5.59. The molecule has 0 radical (unpaired) electrons. The molecule has 1 fully saturated rings. The van der Waals surface area contributed by atoms with Gasteiger partial charge in [-0.05, 0) is 24.5 Å². The molecule has 80 valence electrons. The van der Waals surface area contributed by atoms with Gasteiger partial charge < -0.3 is 10.6 Å². The van der Waals surface area contributed by atoms with Gasteiger partial charge in [-0.15, -0.1) is 0 Å². The van der Waals surface area contributed by atoms with E-state index < -0.39 is 0 Å². The summed E-state index contributed by atoms with van der Waals surface area (Å²) in [6.45, 7) is 8.18. The second-order valence-electron chi connectivity index (χ2n) is 4.27. The average molecular weight is 203 g/mol. The Bertz CT molecular complexity index is 356. The molecular formula is C12H17N3. The summed E-state index contributed by atoms with van der Waals surface area (Å²) < 4.78 is 0. The van der Waals surface area contributed by atoms with Crippen LogP contribution in [0, 0.1) is 5.92 Å². The van der Waals surface area contributed by atoms with Crippen LogP contribution in [0.3, 0.4) is 0 Å². The number of hydrogen-bond acceptors (Lipinski definition) is 3. The number of pyridine rings is 1. The van der Waals surface area contributed by atoms with Gasteiger partial charge in [0.15, 0.2) is 0 Å². The topological polar surface area (TPSA) is 42.1 Å². The van der Waals surface area contributed by atoms with Crippen LogP contribution < -0.4 is 10.6 Å². The van der Waals surface area contributed by atoms with Gasteiger partial charge in [0.2, 0.25) is 0 Å². The van der Waals surface area contributed by atoms with Crippen LogP contribution in [-0.2, 0) is 0 Å². The first-order valence-electron chi connectivity index (χ1n) is 5.32. The van der Waals surface area contributed by atoms with Gasteiger partial charge in [-0.25, -0.2) is 4.98 Å². The third kappa shape index (κ3) is 2.12. The van der Waals surface area contributed by atoms with E-state index in [0.29, 0.717) is 5.70 Å².